The van der Waals surface area contributed by atoms with E-state index in [1.54, 1.807) is 7.11 Å². The highest BCUT2D eigenvalue weighted by molar-refractivity contribution is 5.63. The fourth-order valence-corrected chi connectivity index (χ4v) is 3.66. The van der Waals surface area contributed by atoms with Crippen molar-refractivity contribution in [3.8, 4) is 17.2 Å². The molecule has 1 atom stereocenters. The lowest BCUT2D eigenvalue weighted by Gasteiger charge is -2.35. The Morgan fingerprint density at radius 2 is 2.12 bits per heavy atom. The van der Waals surface area contributed by atoms with E-state index in [4.69, 9.17) is 18.9 Å². The third-order valence-corrected chi connectivity index (χ3v) is 5.07. The molecule has 1 aliphatic rings. The van der Waals surface area contributed by atoms with Crippen LogP contribution in [0.4, 0.5) is 0 Å². The summed E-state index contributed by atoms with van der Waals surface area (Å²) in [6.45, 7) is 7.37. The van der Waals surface area contributed by atoms with E-state index in [2.05, 4.69) is 4.90 Å². The molecule has 5 nitrogen and oxygen atoms in total. The molecule has 1 unspecified atom stereocenters. The summed E-state index contributed by atoms with van der Waals surface area (Å²) >= 11 is 0. The topological polar surface area (TPSA) is 47.7 Å². The number of aromatic nitrogens is 1. The van der Waals surface area contributed by atoms with E-state index in [9.17, 15) is 0 Å². The van der Waals surface area contributed by atoms with Gasteiger partial charge in [0.1, 0.15) is 11.5 Å². The lowest BCUT2D eigenvalue weighted by Crippen LogP contribution is -2.39. The van der Waals surface area contributed by atoms with Crippen LogP contribution in [0.5, 0.6) is 5.75 Å². The summed E-state index contributed by atoms with van der Waals surface area (Å²) in [6, 6.07) is 8.49. The van der Waals surface area contributed by atoms with Crippen molar-refractivity contribution in [2.24, 2.45) is 0 Å². The van der Waals surface area contributed by atoms with Crippen LogP contribution in [0.25, 0.3) is 11.5 Å². The van der Waals surface area contributed by atoms with Crippen LogP contribution in [-0.2, 0) is 11.3 Å². The van der Waals surface area contributed by atoms with Crippen LogP contribution < -0.4 is 4.74 Å². The Balaban J connectivity index is 1.78. The molecule has 0 aliphatic carbocycles. The molecular formula is C21H30N2O3. The molecule has 0 spiro atoms. The van der Waals surface area contributed by atoms with Crippen LogP contribution in [0.2, 0.25) is 0 Å². The van der Waals surface area contributed by atoms with Gasteiger partial charge in [-0.05, 0) is 51.8 Å². The summed E-state index contributed by atoms with van der Waals surface area (Å²) < 4.78 is 17.0. The molecule has 1 aliphatic heterocycles. The predicted molar refractivity (Wildman–Crippen MR) is 102 cm³/mol. The highest BCUT2D eigenvalue weighted by Gasteiger charge is 2.24. The van der Waals surface area contributed by atoms with Gasteiger partial charge in [0.15, 0.2) is 0 Å². The molecule has 3 rings (SSSR count). The average Bonchev–Trinajstić information content (AvgIpc) is 3.02. The summed E-state index contributed by atoms with van der Waals surface area (Å²) in [7, 11) is 1.77. The van der Waals surface area contributed by atoms with Gasteiger partial charge in [0.05, 0.1) is 17.9 Å². The number of aryl methyl sites for hydroxylation is 1. The van der Waals surface area contributed by atoms with Crippen molar-refractivity contribution in [1.29, 1.82) is 0 Å². The van der Waals surface area contributed by atoms with Crippen molar-refractivity contribution in [3.05, 3.63) is 35.7 Å². The standard InChI is InChI=1S/C21H30N2O3/c1-4-25-20-11-6-5-10-18(20)21-22-19(16(2)26-21)15-23-13-8-7-9-17(23)12-14-24-3/h5-6,10-11,17H,4,7-9,12-15H2,1-3H3. The molecule has 0 N–H and O–H groups in total. The fourth-order valence-electron chi connectivity index (χ4n) is 3.66. The molecule has 142 valence electrons. The van der Waals surface area contributed by atoms with Crippen LogP contribution >= 0.6 is 0 Å². The highest BCUT2D eigenvalue weighted by atomic mass is 16.5. The molecule has 5 heteroatoms. The Labute approximate surface area is 156 Å². The number of hydrogen-bond donors (Lipinski definition) is 0. The molecule has 1 aromatic carbocycles. The number of piperidine rings is 1. The fraction of sp³-hybridized carbons (Fsp3) is 0.571. The SMILES string of the molecule is CCOc1ccccc1-c1nc(CN2CCCCC2CCOC)c(C)o1. The van der Waals surface area contributed by atoms with Gasteiger partial charge in [-0.2, -0.15) is 0 Å². The number of likely N-dealkylation sites (tertiary alicyclic amines) is 1. The Kier molecular flexibility index (Phi) is 6.69. The van der Waals surface area contributed by atoms with E-state index in [-0.39, 0.29) is 0 Å². The molecular weight excluding hydrogens is 328 g/mol. The minimum Gasteiger partial charge on any atom is -0.493 e. The van der Waals surface area contributed by atoms with Crippen LogP contribution in [0, 0.1) is 6.92 Å². The van der Waals surface area contributed by atoms with Gasteiger partial charge in [-0.15, -0.1) is 0 Å². The van der Waals surface area contributed by atoms with Gasteiger partial charge in [-0.25, -0.2) is 4.98 Å². The summed E-state index contributed by atoms with van der Waals surface area (Å²) in [4.78, 5) is 7.35. The Morgan fingerprint density at radius 3 is 2.92 bits per heavy atom. The molecule has 0 saturated carbocycles. The molecule has 2 aromatic rings. The van der Waals surface area contributed by atoms with E-state index < -0.39 is 0 Å². The first-order chi connectivity index (χ1) is 12.7. The second-order valence-corrected chi connectivity index (χ2v) is 6.85. The van der Waals surface area contributed by atoms with E-state index in [1.807, 2.05) is 38.1 Å². The quantitative estimate of drug-likeness (QED) is 0.698. The summed E-state index contributed by atoms with van der Waals surface area (Å²) in [6.07, 6.45) is 4.86. The van der Waals surface area contributed by atoms with Gasteiger partial charge in [0.25, 0.3) is 0 Å². The van der Waals surface area contributed by atoms with Gasteiger partial charge < -0.3 is 13.9 Å². The lowest BCUT2D eigenvalue weighted by atomic mass is 9.99. The smallest absolute Gasteiger partial charge is 0.230 e. The number of ether oxygens (including phenoxy) is 2. The number of para-hydroxylation sites is 1. The molecule has 2 heterocycles. The Morgan fingerprint density at radius 1 is 1.27 bits per heavy atom. The number of methoxy groups -OCH3 is 1. The monoisotopic (exact) mass is 358 g/mol. The van der Waals surface area contributed by atoms with Crippen molar-refractivity contribution in [2.45, 2.75) is 52.1 Å². The molecule has 0 bridgehead atoms. The van der Waals surface area contributed by atoms with Gasteiger partial charge in [0.2, 0.25) is 5.89 Å². The average molecular weight is 358 g/mol. The second-order valence-electron chi connectivity index (χ2n) is 6.85. The van der Waals surface area contributed by atoms with Crippen LogP contribution in [0.15, 0.2) is 28.7 Å². The normalized spacial score (nSPS) is 18.2. The molecule has 1 saturated heterocycles. The maximum absolute atomic E-state index is 6.00. The largest absolute Gasteiger partial charge is 0.493 e. The van der Waals surface area contributed by atoms with Crippen molar-refractivity contribution >= 4 is 0 Å². The van der Waals surface area contributed by atoms with Crippen LogP contribution in [-0.4, -0.2) is 42.8 Å². The number of oxazole rings is 1. The molecule has 26 heavy (non-hydrogen) atoms. The highest BCUT2D eigenvalue weighted by Crippen LogP contribution is 2.31. The first-order valence-corrected chi connectivity index (χ1v) is 9.64. The maximum atomic E-state index is 6.00. The zero-order valence-electron chi connectivity index (χ0n) is 16.2. The zero-order chi connectivity index (χ0) is 18.4. The first-order valence-electron chi connectivity index (χ1n) is 9.64. The van der Waals surface area contributed by atoms with Gasteiger partial charge in [-0.3, -0.25) is 4.90 Å². The Hall–Kier alpha value is -1.85. The minimum atomic E-state index is 0.568. The van der Waals surface area contributed by atoms with E-state index in [0.29, 0.717) is 18.5 Å². The predicted octanol–water partition coefficient (Wildman–Crippen LogP) is 4.44. The van der Waals surface area contributed by atoms with Crippen molar-refractivity contribution < 1.29 is 13.9 Å². The van der Waals surface area contributed by atoms with E-state index in [1.165, 1.54) is 19.3 Å². The van der Waals surface area contributed by atoms with Crippen molar-refractivity contribution in [3.63, 3.8) is 0 Å². The lowest BCUT2D eigenvalue weighted by molar-refractivity contribution is 0.0961. The molecule has 0 radical (unpaired) electrons. The summed E-state index contributed by atoms with van der Waals surface area (Å²) in [5, 5.41) is 0. The number of benzene rings is 1. The summed E-state index contributed by atoms with van der Waals surface area (Å²) in [5.74, 6) is 2.35. The van der Waals surface area contributed by atoms with Gasteiger partial charge in [-0.1, -0.05) is 18.6 Å². The molecule has 0 amide bonds. The minimum absolute atomic E-state index is 0.568. The maximum Gasteiger partial charge on any atom is 0.230 e. The number of hydrogen-bond acceptors (Lipinski definition) is 5. The third-order valence-electron chi connectivity index (χ3n) is 5.07. The third kappa shape index (κ3) is 4.46. The van der Waals surface area contributed by atoms with Gasteiger partial charge in [0, 0.05) is 26.3 Å². The second kappa shape index (κ2) is 9.19. The zero-order valence-corrected chi connectivity index (χ0v) is 16.2. The number of nitrogens with zero attached hydrogens (tertiary/aromatic N) is 2. The van der Waals surface area contributed by atoms with E-state index >= 15 is 0 Å². The Bertz CT molecular complexity index is 698. The van der Waals surface area contributed by atoms with Crippen molar-refractivity contribution in [1.82, 2.24) is 9.88 Å². The van der Waals surface area contributed by atoms with Gasteiger partial charge >= 0.3 is 0 Å². The van der Waals surface area contributed by atoms with E-state index in [0.717, 1.165) is 48.9 Å². The summed E-state index contributed by atoms with van der Waals surface area (Å²) in [5.41, 5.74) is 1.94. The molecule has 1 fully saturated rings. The van der Waals surface area contributed by atoms with Crippen LogP contribution in [0.3, 0.4) is 0 Å². The first kappa shape index (κ1) is 18.9. The van der Waals surface area contributed by atoms with Crippen molar-refractivity contribution in [2.75, 3.05) is 26.9 Å². The number of rotatable bonds is 8. The van der Waals surface area contributed by atoms with Crippen LogP contribution in [0.1, 0.15) is 44.1 Å². The molecule has 1 aromatic heterocycles.